The van der Waals surface area contributed by atoms with Crippen molar-refractivity contribution in [2.45, 2.75) is 45.6 Å². The Bertz CT molecular complexity index is 930. The van der Waals surface area contributed by atoms with Crippen molar-refractivity contribution >= 4 is 23.3 Å². The molecule has 6 heteroatoms. The summed E-state index contributed by atoms with van der Waals surface area (Å²) in [5.41, 5.74) is 1.05. The molecule has 0 spiro atoms. The van der Waals surface area contributed by atoms with E-state index in [-0.39, 0.29) is 35.8 Å². The van der Waals surface area contributed by atoms with Crippen LogP contribution in [0.25, 0.3) is 0 Å². The third kappa shape index (κ3) is 3.92. The molecule has 4 rings (SSSR count). The van der Waals surface area contributed by atoms with Gasteiger partial charge in [0.1, 0.15) is 11.5 Å². The number of fused-ring (bicyclic) bond motifs is 1. The van der Waals surface area contributed by atoms with Crippen LogP contribution in [0.5, 0.6) is 0 Å². The number of carbonyl (C=O) groups is 2. The van der Waals surface area contributed by atoms with Crippen LogP contribution in [0.4, 0.5) is 0 Å². The molecule has 5 atom stereocenters. The van der Waals surface area contributed by atoms with Crippen LogP contribution in [0.1, 0.15) is 49.2 Å². The standard InChI is InChI=1S/C25H30O5S/c1-16-6-9-20-24(2,18(16)8-7-17-11-13-29-22(17)27)12-10-21(26)25(20,3)15-30-23(28)19-5-4-14-31-19/h4-5,7-8,11,14,18,20-21,26H,1,6,9-10,12-13,15H2,2-3H3/b8-7+/t18-,20+,21-,24+,25+/m1/s1. The molecule has 2 saturated carbocycles. The summed E-state index contributed by atoms with van der Waals surface area (Å²) in [5.74, 6) is -0.382. The smallest absolute Gasteiger partial charge is 0.348 e. The zero-order valence-electron chi connectivity index (χ0n) is 18.1. The summed E-state index contributed by atoms with van der Waals surface area (Å²) in [5, 5.41) is 12.9. The molecule has 2 fully saturated rings. The largest absolute Gasteiger partial charge is 0.461 e. The number of aliphatic hydroxyl groups excluding tert-OH is 1. The summed E-state index contributed by atoms with van der Waals surface area (Å²) in [4.78, 5) is 24.9. The highest BCUT2D eigenvalue weighted by Gasteiger charge is 2.57. The zero-order valence-corrected chi connectivity index (χ0v) is 19.0. The molecule has 0 amide bonds. The maximum atomic E-state index is 12.5. The van der Waals surface area contributed by atoms with E-state index in [1.807, 2.05) is 24.4 Å². The molecule has 1 aromatic heterocycles. The van der Waals surface area contributed by atoms with E-state index in [2.05, 4.69) is 19.6 Å². The molecule has 0 aromatic carbocycles. The SMILES string of the molecule is C=C1CC[C@@H]2[C@](C)(COC(=O)c3cccs3)[C@H](O)CC[C@@]2(C)[C@@H]1/C=C/C1=CCOC1=O. The molecular weight excluding hydrogens is 412 g/mol. The molecule has 1 aromatic rings. The van der Waals surface area contributed by atoms with Crippen molar-refractivity contribution in [3.8, 4) is 0 Å². The van der Waals surface area contributed by atoms with Crippen LogP contribution in [-0.2, 0) is 14.3 Å². The van der Waals surface area contributed by atoms with E-state index in [9.17, 15) is 14.7 Å². The fraction of sp³-hybridized carbons (Fsp3) is 0.520. The van der Waals surface area contributed by atoms with E-state index in [1.165, 1.54) is 11.3 Å². The van der Waals surface area contributed by atoms with E-state index in [4.69, 9.17) is 9.47 Å². The average molecular weight is 443 g/mol. The number of hydrogen-bond acceptors (Lipinski definition) is 6. The van der Waals surface area contributed by atoms with Gasteiger partial charge in [-0.15, -0.1) is 11.3 Å². The topological polar surface area (TPSA) is 72.8 Å². The molecule has 2 aliphatic carbocycles. The number of rotatable bonds is 5. The van der Waals surface area contributed by atoms with Crippen molar-refractivity contribution in [1.29, 1.82) is 0 Å². The van der Waals surface area contributed by atoms with Crippen molar-refractivity contribution in [2.75, 3.05) is 13.2 Å². The summed E-state index contributed by atoms with van der Waals surface area (Å²) in [6.07, 6.45) is 8.44. The number of cyclic esters (lactones) is 1. The summed E-state index contributed by atoms with van der Waals surface area (Å²) in [6, 6.07) is 3.58. The highest BCUT2D eigenvalue weighted by atomic mass is 32.1. The minimum atomic E-state index is -0.543. The number of carbonyl (C=O) groups excluding carboxylic acids is 2. The van der Waals surface area contributed by atoms with Gasteiger partial charge in [0.2, 0.25) is 0 Å². The van der Waals surface area contributed by atoms with Gasteiger partial charge < -0.3 is 14.6 Å². The molecule has 1 aliphatic heterocycles. The fourth-order valence-electron chi connectivity index (χ4n) is 5.87. The second-order valence-electron chi connectivity index (χ2n) is 9.46. The number of thiophene rings is 1. The molecule has 31 heavy (non-hydrogen) atoms. The van der Waals surface area contributed by atoms with Gasteiger partial charge in [-0.05, 0) is 54.5 Å². The summed E-state index contributed by atoms with van der Waals surface area (Å²) in [6.45, 7) is 9.15. The first-order valence-corrected chi connectivity index (χ1v) is 11.8. The van der Waals surface area contributed by atoms with Crippen LogP contribution in [0.15, 0.2) is 53.5 Å². The Morgan fingerprint density at radius 3 is 2.90 bits per heavy atom. The van der Waals surface area contributed by atoms with Crippen molar-refractivity contribution < 1.29 is 24.2 Å². The van der Waals surface area contributed by atoms with Gasteiger partial charge in [0.05, 0.1) is 18.3 Å². The van der Waals surface area contributed by atoms with Gasteiger partial charge in [-0.2, -0.15) is 0 Å². The van der Waals surface area contributed by atoms with Gasteiger partial charge in [-0.1, -0.05) is 44.2 Å². The molecule has 2 heterocycles. The van der Waals surface area contributed by atoms with Gasteiger partial charge in [-0.3, -0.25) is 0 Å². The lowest BCUT2D eigenvalue weighted by Crippen LogP contribution is -2.57. The Morgan fingerprint density at radius 1 is 1.42 bits per heavy atom. The van der Waals surface area contributed by atoms with E-state index >= 15 is 0 Å². The van der Waals surface area contributed by atoms with Crippen molar-refractivity contribution in [3.05, 3.63) is 58.3 Å². The Kier molecular flexibility index (Phi) is 5.97. The highest BCUT2D eigenvalue weighted by molar-refractivity contribution is 7.11. The normalized spacial score (nSPS) is 35.6. The summed E-state index contributed by atoms with van der Waals surface area (Å²) in [7, 11) is 0. The van der Waals surface area contributed by atoms with Crippen LogP contribution in [0.3, 0.4) is 0 Å². The quantitative estimate of drug-likeness (QED) is 0.529. The number of hydrogen-bond donors (Lipinski definition) is 1. The minimum absolute atomic E-state index is 0.0837. The molecule has 1 N–H and O–H groups in total. The monoisotopic (exact) mass is 442 g/mol. The van der Waals surface area contributed by atoms with E-state index < -0.39 is 11.5 Å². The van der Waals surface area contributed by atoms with Crippen molar-refractivity contribution in [2.24, 2.45) is 22.7 Å². The number of allylic oxidation sites excluding steroid dienone is 2. The summed E-state index contributed by atoms with van der Waals surface area (Å²) >= 11 is 1.36. The molecule has 0 bridgehead atoms. The van der Waals surface area contributed by atoms with Gasteiger partial charge in [0.15, 0.2) is 0 Å². The van der Waals surface area contributed by atoms with Crippen LogP contribution in [0, 0.1) is 22.7 Å². The summed E-state index contributed by atoms with van der Waals surface area (Å²) < 4.78 is 10.7. The van der Waals surface area contributed by atoms with Gasteiger partial charge >= 0.3 is 11.9 Å². The molecule has 166 valence electrons. The lowest BCUT2D eigenvalue weighted by molar-refractivity contribution is -0.147. The number of esters is 2. The third-order valence-electron chi connectivity index (χ3n) is 7.67. The van der Waals surface area contributed by atoms with Crippen LogP contribution in [0.2, 0.25) is 0 Å². The molecule has 5 nitrogen and oxygen atoms in total. The predicted molar refractivity (Wildman–Crippen MR) is 120 cm³/mol. The molecular formula is C25H30O5S. The number of aliphatic hydroxyl groups is 1. The first-order valence-electron chi connectivity index (χ1n) is 10.9. The molecule has 0 saturated heterocycles. The van der Waals surface area contributed by atoms with Crippen molar-refractivity contribution in [3.63, 3.8) is 0 Å². The Labute approximate surface area is 187 Å². The fourth-order valence-corrected chi connectivity index (χ4v) is 6.49. The average Bonchev–Trinajstić information content (AvgIpc) is 3.41. The van der Waals surface area contributed by atoms with E-state index in [1.54, 1.807) is 12.1 Å². The minimum Gasteiger partial charge on any atom is -0.461 e. The van der Waals surface area contributed by atoms with Crippen LogP contribution in [-0.4, -0.2) is 36.4 Å². The third-order valence-corrected chi connectivity index (χ3v) is 8.52. The highest BCUT2D eigenvalue weighted by Crippen LogP contribution is 2.61. The molecule has 0 radical (unpaired) electrons. The van der Waals surface area contributed by atoms with E-state index in [0.717, 1.165) is 24.8 Å². The predicted octanol–water partition coefficient (Wildman–Crippen LogP) is 4.69. The van der Waals surface area contributed by atoms with Crippen LogP contribution < -0.4 is 0 Å². The first-order chi connectivity index (χ1) is 14.8. The second-order valence-corrected chi connectivity index (χ2v) is 10.4. The van der Waals surface area contributed by atoms with Crippen molar-refractivity contribution in [1.82, 2.24) is 0 Å². The first kappa shape index (κ1) is 22.0. The maximum absolute atomic E-state index is 12.5. The molecule has 0 unspecified atom stereocenters. The zero-order chi connectivity index (χ0) is 22.2. The van der Waals surface area contributed by atoms with Gasteiger partial charge in [0.25, 0.3) is 0 Å². The lowest BCUT2D eigenvalue weighted by atomic mass is 9.46. The van der Waals surface area contributed by atoms with E-state index in [0.29, 0.717) is 23.5 Å². The lowest BCUT2D eigenvalue weighted by Gasteiger charge is -2.59. The van der Waals surface area contributed by atoms with Crippen LogP contribution >= 0.6 is 11.3 Å². The Balaban J connectivity index is 1.57. The number of ether oxygens (including phenoxy) is 2. The van der Waals surface area contributed by atoms with Gasteiger partial charge in [0, 0.05) is 11.3 Å². The second kappa shape index (κ2) is 8.40. The maximum Gasteiger partial charge on any atom is 0.348 e. The Hall–Kier alpha value is -2.18. The molecule has 3 aliphatic rings. The Morgan fingerprint density at radius 2 is 2.23 bits per heavy atom. The van der Waals surface area contributed by atoms with Gasteiger partial charge in [-0.25, -0.2) is 9.59 Å².